The van der Waals surface area contributed by atoms with Crippen LogP contribution in [0, 0.1) is 13.8 Å². The molecule has 3 nitrogen and oxygen atoms in total. The molecule has 5 rings (SSSR count). The number of aryl methyl sites for hydroxylation is 2. The summed E-state index contributed by atoms with van der Waals surface area (Å²) in [6.07, 6.45) is 0.744. The van der Waals surface area contributed by atoms with E-state index < -0.39 is 0 Å². The van der Waals surface area contributed by atoms with E-state index in [0.29, 0.717) is 0 Å². The Kier molecular flexibility index (Phi) is 3.61. The monoisotopic (exact) mass is 360 g/mol. The van der Waals surface area contributed by atoms with Gasteiger partial charge in [-0.15, -0.1) is 0 Å². The first-order valence-corrected chi connectivity index (χ1v) is 9.86. The van der Waals surface area contributed by atoms with E-state index in [2.05, 4.69) is 72.1 Å². The molecular formula is C22H20N2OS. The molecule has 2 atom stereocenters. The van der Waals surface area contributed by atoms with Crippen LogP contribution in [0.4, 0.5) is 0 Å². The molecule has 1 aromatic heterocycles. The second-order valence-corrected chi connectivity index (χ2v) is 7.79. The van der Waals surface area contributed by atoms with Crippen LogP contribution in [0.2, 0.25) is 0 Å². The topological polar surface area (TPSA) is 24.8 Å². The summed E-state index contributed by atoms with van der Waals surface area (Å²) >= 11 is 1.69. The van der Waals surface area contributed by atoms with Gasteiger partial charge in [0.2, 0.25) is 6.23 Å². The fourth-order valence-electron chi connectivity index (χ4n) is 3.77. The molecule has 0 saturated heterocycles. The molecule has 0 amide bonds. The molecule has 26 heavy (non-hydrogen) atoms. The molecule has 0 fully saturated rings. The third-order valence-corrected chi connectivity index (χ3v) is 6.07. The van der Waals surface area contributed by atoms with Gasteiger partial charge in [-0.3, -0.25) is 0 Å². The molecule has 4 heteroatoms. The van der Waals surface area contributed by atoms with E-state index in [1.807, 2.05) is 6.07 Å². The molecule has 0 unspecified atom stereocenters. The molecule has 2 aliphatic heterocycles. The molecule has 3 aromatic rings. The van der Waals surface area contributed by atoms with Crippen molar-refractivity contribution in [1.82, 2.24) is 5.01 Å². The van der Waals surface area contributed by atoms with Crippen molar-refractivity contribution in [2.45, 2.75) is 32.5 Å². The van der Waals surface area contributed by atoms with Gasteiger partial charge >= 0.3 is 0 Å². The molecule has 0 bridgehead atoms. The number of hydrogen-bond acceptors (Lipinski definition) is 4. The maximum atomic E-state index is 6.34. The number of hydrazone groups is 1. The zero-order valence-corrected chi connectivity index (χ0v) is 15.7. The van der Waals surface area contributed by atoms with E-state index in [0.717, 1.165) is 17.9 Å². The average molecular weight is 360 g/mol. The Balaban J connectivity index is 1.59. The van der Waals surface area contributed by atoms with Crippen molar-refractivity contribution in [1.29, 1.82) is 0 Å². The number of fused-ring (bicyclic) bond motifs is 3. The third-order valence-electron chi connectivity index (χ3n) is 5.37. The predicted octanol–water partition coefficient (Wildman–Crippen LogP) is 5.61. The summed E-state index contributed by atoms with van der Waals surface area (Å²) < 4.78 is 6.34. The lowest BCUT2D eigenvalue weighted by Crippen LogP contribution is -2.33. The van der Waals surface area contributed by atoms with Crippen molar-refractivity contribution in [3.8, 4) is 5.75 Å². The lowest BCUT2D eigenvalue weighted by atomic mass is 9.95. The number of thiophene rings is 1. The highest BCUT2D eigenvalue weighted by atomic mass is 32.1. The maximum absolute atomic E-state index is 6.34. The summed E-state index contributed by atoms with van der Waals surface area (Å²) in [6.45, 7) is 4.31. The molecule has 0 aliphatic carbocycles. The van der Waals surface area contributed by atoms with Gasteiger partial charge in [-0.1, -0.05) is 30.3 Å². The first kappa shape index (κ1) is 15.6. The summed E-state index contributed by atoms with van der Waals surface area (Å²) in [7, 11) is 0. The van der Waals surface area contributed by atoms with Gasteiger partial charge in [-0.05, 0) is 59.5 Å². The molecular weight excluding hydrogens is 340 g/mol. The highest BCUT2D eigenvalue weighted by molar-refractivity contribution is 7.07. The Morgan fingerprint density at radius 1 is 1.08 bits per heavy atom. The Morgan fingerprint density at radius 2 is 1.96 bits per heavy atom. The van der Waals surface area contributed by atoms with Crippen LogP contribution in [0.5, 0.6) is 5.75 Å². The van der Waals surface area contributed by atoms with Crippen LogP contribution in [0.3, 0.4) is 0 Å². The van der Waals surface area contributed by atoms with Crippen LogP contribution >= 0.6 is 11.3 Å². The van der Waals surface area contributed by atoms with Crippen LogP contribution < -0.4 is 4.74 Å². The maximum Gasteiger partial charge on any atom is 0.214 e. The minimum atomic E-state index is -0.162. The molecule has 2 aromatic carbocycles. The Morgan fingerprint density at radius 3 is 2.77 bits per heavy atom. The molecule has 0 spiro atoms. The smallest absolute Gasteiger partial charge is 0.214 e. The Labute approximate surface area is 157 Å². The number of para-hydroxylation sites is 1. The van der Waals surface area contributed by atoms with Gasteiger partial charge < -0.3 is 4.74 Å². The van der Waals surface area contributed by atoms with Gasteiger partial charge in [0.1, 0.15) is 5.75 Å². The molecule has 0 saturated carbocycles. The largest absolute Gasteiger partial charge is 0.464 e. The fourth-order valence-corrected chi connectivity index (χ4v) is 4.43. The van der Waals surface area contributed by atoms with Crippen LogP contribution in [0.1, 0.15) is 46.5 Å². The van der Waals surface area contributed by atoms with Crippen molar-refractivity contribution in [2.75, 3.05) is 0 Å². The van der Waals surface area contributed by atoms with E-state index >= 15 is 0 Å². The lowest BCUT2D eigenvalue weighted by Gasteiger charge is -2.37. The number of nitrogens with zero attached hydrogens (tertiary/aromatic N) is 2. The predicted molar refractivity (Wildman–Crippen MR) is 106 cm³/mol. The first-order chi connectivity index (χ1) is 12.7. The van der Waals surface area contributed by atoms with Gasteiger partial charge in [-0.2, -0.15) is 16.4 Å². The van der Waals surface area contributed by atoms with Crippen molar-refractivity contribution < 1.29 is 4.74 Å². The van der Waals surface area contributed by atoms with Crippen LogP contribution in [-0.2, 0) is 0 Å². The Bertz CT molecular complexity index is 993. The number of ether oxygens (including phenoxy) is 1. The minimum absolute atomic E-state index is 0.162. The normalized spacial score (nSPS) is 21.0. The van der Waals surface area contributed by atoms with Gasteiger partial charge in [0, 0.05) is 17.5 Å². The van der Waals surface area contributed by atoms with Crippen molar-refractivity contribution in [3.05, 3.63) is 87.1 Å². The molecule has 3 heterocycles. The fraction of sp³-hybridized carbons (Fsp3) is 0.227. The summed E-state index contributed by atoms with van der Waals surface area (Å²) in [4.78, 5) is 0. The highest BCUT2D eigenvalue weighted by Gasteiger charge is 2.40. The van der Waals surface area contributed by atoms with Crippen LogP contribution in [0.25, 0.3) is 0 Å². The third kappa shape index (κ3) is 2.44. The summed E-state index contributed by atoms with van der Waals surface area (Å²) in [5.41, 5.74) is 7.36. The number of rotatable bonds is 2. The second kappa shape index (κ2) is 5.99. The SMILES string of the molecule is Cc1ccc(C2=NN3[C@H](C2)c2ccccc2O[C@H]3c2ccsc2)cc1C. The average Bonchev–Trinajstić information content (AvgIpc) is 3.33. The first-order valence-electron chi connectivity index (χ1n) is 8.92. The van der Waals surface area contributed by atoms with Crippen molar-refractivity contribution >= 4 is 17.0 Å². The molecule has 2 aliphatic rings. The zero-order chi connectivity index (χ0) is 17.7. The van der Waals surface area contributed by atoms with E-state index in [-0.39, 0.29) is 12.3 Å². The number of hydrogen-bond donors (Lipinski definition) is 0. The minimum Gasteiger partial charge on any atom is -0.464 e. The number of benzene rings is 2. The van der Waals surface area contributed by atoms with Gasteiger partial charge in [0.25, 0.3) is 0 Å². The van der Waals surface area contributed by atoms with Crippen LogP contribution in [0.15, 0.2) is 64.4 Å². The van der Waals surface area contributed by atoms with Gasteiger partial charge in [-0.25, -0.2) is 5.01 Å². The van der Waals surface area contributed by atoms with E-state index in [4.69, 9.17) is 9.84 Å². The molecule has 0 N–H and O–H groups in total. The summed E-state index contributed by atoms with van der Waals surface area (Å²) in [6, 6.07) is 17.3. The van der Waals surface area contributed by atoms with Crippen molar-refractivity contribution in [3.63, 3.8) is 0 Å². The van der Waals surface area contributed by atoms with Crippen LogP contribution in [-0.4, -0.2) is 10.7 Å². The van der Waals surface area contributed by atoms with E-state index in [1.54, 1.807) is 11.3 Å². The van der Waals surface area contributed by atoms with Crippen molar-refractivity contribution in [2.24, 2.45) is 5.10 Å². The van der Waals surface area contributed by atoms with E-state index in [9.17, 15) is 0 Å². The zero-order valence-electron chi connectivity index (χ0n) is 14.8. The standard InChI is InChI=1S/C22H20N2OS/c1-14-7-8-16(11-15(14)2)19-12-20-18-5-3-4-6-21(18)25-22(24(20)23-19)17-9-10-26-13-17/h3-11,13,20,22H,12H2,1-2H3/t20-,22+/m1/s1. The summed E-state index contributed by atoms with van der Waals surface area (Å²) in [5.74, 6) is 0.974. The lowest BCUT2D eigenvalue weighted by molar-refractivity contribution is -0.0187. The molecule has 130 valence electrons. The second-order valence-electron chi connectivity index (χ2n) is 7.01. The summed E-state index contributed by atoms with van der Waals surface area (Å²) in [5, 5.41) is 11.4. The Hall–Kier alpha value is -2.59. The van der Waals surface area contributed by atoms with Gasteiger partial charge in [0.05, 0.1) is 11.8 Å². The van der Waals surface area contributed by atoms with E-state index in [1.165, 1.54) is 27.8 Å². The van der Waals surface area contributed by atoms with Gasteiger partial charge in [0.15, 0.2) is 0 Å². The molecule has 0 radical (unpaired) electrons. The highest BCUT2D eigenvalue weighted by Crippen LogP contribution is 2.47. The quantitative estimate of drug-likeness (QED) is 0.593.